The topological polar surface area (TPSA) is 38.7 Å². The Balaban J connectivity index is 3.05. The maximum absolute atomic E-state index is 9.67. The van der Waals surface area contributed by atoms with Crippen LogP contribution < -0.4 is 0 Å². The third kappa shape index (κ3) is 2.05. The third-order valence-corrected chi connectivity index (χ3v) is 2.34. The summed E-state index contributed by atoms with van der Waals surface area (Å²) in [7, 11) is 3.21. The maximum Gasteiger partial charge on any atom is 0.121 e. The summed E-state index contributed by atoms with van der Waals surface area (Å²) in [5.74, 6) is 0.230. The number of hydrogen-bond donors (Lipinski definition) is 1. The fourth-order valence-electron chi connectivity index (χ4n) is 1.44. The van der Waals surface area contributed by atoms with Gasteiger partial charge in [0.2, 0.25) is 0 Å². The molecule has 0 aliphatic carbocycles. The Morgan fingerprint density at radius 2 is 1.93 bits per heavy atom. The molecule has 78 valence electrons. The van der Waals surface area contributed by atoms with E-state index in [1.807, 2.05) is 19.1 Å². The zero-order valence-electron chi connectivity index (χ0n) is 8.78. The smallest absolute Gasteiger partial charge is 0.121 e. The summed E-state index contributed by atoms with van der Waals surface area (Å²) in [5.41, 5.74) is 0.143. The second-order valence-electron chi connectivity index (χ2n) is 3.39. The summed E-state index contributed by atoms with van der Waals surface area (Å²) in [6.45, 7) is 2.28. The Bertz CT molecular complexity index is 298. The van der Waals surface area contributed by atoms with Crippen molar-refractivity contribution in [2.75, 3.05) is 20.8 Å². The van der Waals surface area contributed by atoms with E-state index in [-0.39, 0.29) is 5.75 Å². The molecule has 0 aromatic heterocycles. The molecule has 1 N–H and O–H groups in total. The van der Waals surface area contributed by atoms with E-state index in [4.69, 9.17) is 9.47 Å². The maximum atomic E-state index is 9.67. The summed E-state index contributed by atoms with van der Waals surface area (Å²) in [5, 5.41) is 9.67. The molecule has 0 spiro atoms. The van der Waals surface area contributed by atoms with Crippen LogP contribution in [0.4, 0.5) is 0 Å². The van der Waals surface area contributed by atoms with Gasteiger partial charge in [0, 0.05) is 19.8 Å². The molecule has 0 fully saturated rings. The van der Waals surface area contributed by atoms with Gasteiger partial charge in [-0.2, -0.15) is 0 Å². The first-order valence-electron chi connectivity index (χ1n) is 4.46. The van der Waals surface area contributed by atoms with Crippen molar-refractivity contribution in [3.63, 3.8) is 0 Å². The van der Waals surface area contributed by atoms with E-state index in [0.717, 1.165) is 5.56 Å². The molecule has 0 saturated carbocycles. The minimum atomic E-state index is -0.597. The lowest BCUT2D eigenvalue weighted by molar-refractivity contribution is -0.0567. The minimum absolute atomic E-state index is 0.230. The van der Waals surface area contributed by atoms with Crippen LogP contribution >= 0.6 is 0 Å². The lowest BCUT2D eigenvalue weighted by Crippen LogP contribution is -2.30. The zero-order chi connectivity index (χ0) is 10.6. The van der Waals surface area contributed by atoms with Crippen LogP contribution in [0.1, 0.15) is 12.5 Å². The Labute approximate surface area is 84.3 Å². The zero-order valence-corrected chi connectivity index (χ0v) is 8.78. The lowest BCUT2D eigenvalue weighted by atomic mass is 9.96. The van der Waals surface area contributed by atoms with Gasteiger partial charge in [0.15, 0.2) is 0 Å². The van der Waals surface area contributed by atoms with Crippen LogP contribution in [-0.4, -0.2) is 25.9 Å². The molecule has 0 amide bonds. The van der Waals surface area contributed by atoms with Gasteiger partial charge in [-0.05, 0) is 13.0 Å². The molecule has 1 aromatic rings. The predicted molar refractivity (Wildman–Crippen MR) is 54.3 cm³/mol. The van der Waals surface area contributed by atoms with Gasteiger partial charge in [0.1, 0.15) is 11.4 Å². The monoisotopic (exact) mass is 196 g/mol. The average molecular weight is 196 g/mol. The van der Waals surface area contributed by atoms with Crippen molar-refractivity contribution in [2.24, 2.45) is 0 Å². The molecule has 1 unspecified atom stereocenters. The molecule has 0 bridgehead atoms. The summed E-state index contributed by atoms with van der Waals surface area (Å²) >= 11 is 0. The molecule has 3 heteroatoms. The first-order valence-corrected chi connectivity index (χ1v) is 4.46. The van der Waals surface area contributed by atoms with Crippen LogP contribution in [0.3, 0.4) is 0 Å². The highest BCUT2D eigenvalue weighted by Crippen LogP contribution is 2.31. The number of benzene rings is 1. The van der Waals surface area contributed by atoms with Crippen LogP contribution in [0.2, 0.25) is 0 Å². The SMILES string of the molecule is COCC(C)(OC)c1ccccc1O. The van der Waals surface area contributed by atoms with Gasteiger partial charge in [-0.1, -0.05) is 18.2 Å². The van der Waals surface area contributed by atoms with Gasteiger partial charge in [-0.25, -0.2) is 0 Å². The average Bonchev–Trinajstić information content (AvgIpc) is 2.18. The number of rotatable bonds is 4. The number of phenolic OH excluding ortho intramolecular Hbond substituents is 1. The number of ether oxygens (including phenoxy) is 2. The van der Waals surface area contributed by atoms with Crippen molar-refractivity contribution in [1.82, 2.24) is 0 Å². The van der Waals surface area contributed by atoms with Crippen LogP contribution in [0.25, 0.3) is 0 Å². The predicted octanol–water partition coefficient (Wildman–Crippen LogP) is 1.90. The molecule has 1 rings (SSSR count). The molecular formula is C11H16O3. The van der Waals surface area contributed by atoms with Crippen molar-refractivity contribution < 1.29 is 14.6 Å². The third-order valence-electron chi connectivity index (χ3n) is 2.34. The Kier molecular flexibility index (Phi) is 3.49. The first kappa shape index (κ1) is 11.0. The minimum Gasteiger partial charge on any atom is -0.508 e. The van der Waals surface area contributed by atoms with E-state index < -0.39 is 5.60 Å². The molecule has 0 aliphatic heterocycles. The van der Waals surface area contributed by atoms with Gasteiger partial charge >= 0.3 is 0 Å². The summed E-state index contributed by atoms with van der Waals surface area (Å²) in [6.07, 6.45) is 0. The number of hydrogen-bond acceptors (Lipinski definition) is 3. The molecule has 0 saturated heterocycles. The molecule has 1 aromatic carbocycles. The van der Waals surface area contributed by atoms with E-state index >= 15 is 0 Å². The Hall–Kier alpha value is -1.06. The van der Waals surface area contributed by atoms with Crippen molar-refractivity contribution in [2.45, 2.75) is 12.5 Å². The van der Waals surface area contributed by atoms with E-state index in [0.29, 0.717) is 6.61 Å². The van der Waals surface area contributed by atoms with Crippen LogP contribution in [-0.2, 0) is 15.1 Å². The summed E-state index contributed by atoms with van der Waals surface area (Å²) in [4.78, 5) is 0. The highest BCUT2D eigenvalue weighted by molar-refractivity contribution is 5.36. The second kappa shape index (κ2) is 4.44. The molecule has 3 nitrogen and oxygen atoms in total. The fraction of sp³-hybridized carbons (Fsp3) is 0.455. The Morgan fingerprint density at radius 3 is 2.43 bits per heavy atom. The van der Waals surface area contributed by atoms with Crippen LogP contribution in [0, 0.1) is 0 Å². The number of para-hydroxylation sites is 1. The van der Waals surface area contributed by atoms with Crippen molar-refractivity contribution in [3.05, 3.63) is 29.8 Å². The van der Waals surface area contributed by atoms with Crippen LogP contribution in [0.15, 0.2) is 24.3 Å². The summed E-state index contributed by atoms with van der Waals surface area (Å²) < 4.78 is 10.4. The van der Waals surface area contributed by atoms with Gasteiger partial charge in [-0.3, -0.25) is 0 Å². The molecular weight excluding hydrogens is 180 g/mol. The lowest BCUT2D eigenvalue weighted by Gasteiger charge is -2.28. The van der Waals surface area contributed by atoms with E-state index in [1.165, 1.54) is 0 Å². The highest BCUT2D eigenvalue weighted by atomic mass is 16.5. The fourth-order valence-corrected chi connectivity index (χ4v) is 1.44. The van der Waals surface area contributed by atoms with E-state index in [1.54, 1.807) is 26.4 Å². The van der Waals surface area contributed by atoms with Crippen molar-refractivity contribution in [1.29, 1.82) is 0 Å². The van der Waals surface area contributed by atoms with Crippen LogP contribution in [0.5, 0.6) is 5.75 Å². The number of phenols is 1. The second-order valence-corrected chi connectivity index (χ2v) is 3.39. The highest BCUT2D eigenvalue weighted by Gasteiger charge is 2.28. The first-order chi connectivity index (χ1) is 6.64. The van der Waals surface area contributed by atoms with Gasteiger partial charge in [0.25, 0.3) is 0 Å². The Morgan fingerprint density at radius 1 is 1.29 bits per heavy atom. The van der Waals surface area contributed by atoms with E-state index in [2.05, 4.69) is 0 Å². The number of methoxy groups -OCH3 is 2. The van der Waals surface area contributed by atoms with Gasteiger partial charge < -0.3 is 14.6 Å². The molecule has 14 heavy (non-hydrogen) atoms. The normalized spacial score (nSPS) is 15.1. The summed E-state index contributed by atoms with van der Waals surface area (Å²) in [6, 6.07) is 7.11. The standard InChI is InChI=1S/C11H16O3/c1-11(14-3,8-13-2)9-6-4-5-7-10(9)12/h4-7,12H,8H2,1-3H3. The molecule has 0 heterocycles. The molecule has 1 atom stereocenters. The largest absolute Gasteiger partial charge is 0.508 e. The molecule has 0 radical (unpaired) electrons. The van der Waals surface area contributed by atoms with E-state index in [9.17, 15) is 5.11 Å². The van der Waals surface area contributed by atoms with Gasteiger partial charge in [-0.15, -0.1) is 0 Å². The van der Waals surface area contributed by atoms with Crippen molar-refractivity contribution in [3.8, 4) is 5.75 Å². The van der Waals surface area contributed by atoms with Crippen molar-refractivity contribution >= 4 is 0 Å². The molecule has 0 aliphatic rings. The number of aromatic hydroxyl groups is 1. The van der Waals surface area contributed by atoms with Gasteiger partial charge in [0.05, 0.1) is 6.61 Å². The quantitative estimate of drug-likeness (QED) is 0.799.